The molecule has 0 atom stereocenters. The maximum Gasteiger partial charge on any atom is 0.323 e. The molecule has 0 radical (unpaired) electrons. The molecule has 1 aliphatic heterocycles. The molecule has 5 heteroatoms. The molecule has 0 spiro atoms. The van der Waals surface area contributed by atoms with Gasteiger partial charge in [-0.15, -0.1) is 0 Å². The molecule has 1 N–H and O–H groups in total. The Bertz CT molecular complexity index is 801. The molecule has 2 aromatic carbocycles. The van der Waals surface area contributed by atoms with Gasteiger partial charge in [0.25, 0.3) is 11.8 Å². The number of carboxylic acid groups (broad SMARTS) is 1. The summed E-state index contributed by atoms with van der Waals surface area (Å²) in [6, 6.07) is 8.86. The number of benzene rings is 2. The van der Waals surface area contributed by atoms with E-state index in [-0.39, 0.29) is 5.92 Å². The Morgan fingerprint density at radius 2 is 1.73 bits per heavy atom. The maximum absolute atomic E-state index is 12.5. The van der Waals surface area contributed by atoms with Crippen molar-refractivity contribution in [2.45, 2.75) is 19.8 Å². The van der Waals surface area contributed by atoms with Crippen LogP contribution < -0.4 is 0 Å². The van der Waals surface area contributed by atoms with Crippen LogP contribution >= 0.6 is 0 Å². The summed E-state index contributed by atoms with van der Waals surface area (Å²) >= 11 is 0. The zero-order chi connectivity index (χ0) is 16.0. The average molecular weight is 297 g/mol. The van der Waals surface area contributed by atoms with E-state index < -0.39 is 24.3 Å². The zero-order valence-corrected chi connectivity index (χ0v) is 12.3. The summed E-state index contributed by atoms with van der Waals surface area (Å²) in [4.78, 5) is 36.6. The number of amides is 2. The molecule has 22 heavy (non-hydrogen) atoms. The van der Waals surface area contributed by atoms with E-state index in [0.29, 0.717) is 16.5 Å². The molecule has 2 aromatic rings. The van der Waals surface area contributed by atoms with E-state index in [4.69, 9.17) is 5.11 Å². The van der Waals surface area contributed by atoms with Gasteiger partial charge < -0.3 is 5.11 Å². The van der Waals surface area contributed by atoms with Crippen LogP contribution in [-0.2, 0) is 4.79 Å². The van der Waals surface area contributed by atoms with E-state index in [1.807, 2.05) is 26.0 Å². The number of carboxylic acids is 1. The summed E-state index contributed by atoms with van der Waals surface area (Å²) in [5, 5.41) is 10.4. The van der Waals surface area contributed by atoms with Gasteiger partial charge in [0.05, 0.1) is 0 Å². The van der Waals surface area contributed by atoms with Crippen LogP contribution in [0.3, 0.4) is 0 Å². The van der Waals surface area contributed by atoms with Gasteiger partial charge in [0, 0.05) is 16.5 Å². The average Bonchev–Trinajstić information content (AvgIpc) is 2.48. The fourth-order valence-electron chi connectivity index (χ4n) is 2.95. The number of imide groups is 1. The predicted molar refractivity (Wildman–Crippen MR) is 81.0 cm³/mol. The van der Waals surface area contributed by atoms with E-state index in [1.165, 1.54) is 0 Å². The monoisotopic (exact) mass is 297 g/mol. The molecule has 0 aromatic heterocycles. The van der Waals surface area contributed by atoms with Crippen molar-refractivity contribution in [1.82, 2.24) is 4.90 Å². The van der Waals surface area contributed by atoms with Crippen molar-refractivity contribution in [3.63, 3.8) is 0 Å². The van der Waals surface area contributed by atoms with Crippen LogP contribution in [0.5, 0.6) is 0 Å². The Kier molecular flexibility index (Phi) is 3.20. The molecule has 112 valence electrons. The first-order valence-corrected chi connectivity index (χ1v) is 7.05. The van der Waals surface area contributed by atoms with Crippen molar-refractivity contribution in [3.8, 4) is 0 Å². The summed E-state index contributed by atoms with van der Waals surface area (Å²) in [5.41, 5.74) is 1.83. The first kappa shape index (κ1) is 14.3. The number of carbonyl (C=O) groups is 3. The van der Waals surface area contributed by atoms with E-state index >= 15 is 0 Å². The lowest BCUT2D eigenvalue weighted by atomic mass is 9.88. The molecule has 0 saturated heterocycles. The van der Waals surface area contributed by atoms with Gasteiger partial charge in [0.2, 0.25) is 0 Å². The van der Waals surface area contributed by atoms with Gasteiger partial charge in [-0.25, -0.2) is 0 Å². The third-order valence-corrected chi connectivity index (χ3v) is 3.94. The van der Waals surface area contributed by atoms with Crippen molar-refractivity contribution in [3.05, 3.63) is 47.0 Å². The molecule has 0 saturated carbocycles. The quantitative estimate of drug-likeness (QED) is 0.884. The van der Waals surface area contributed by atoms with Gasteiger partial charge in [0.1, 0.15) is 6.54 Å². The Labute approximate surface area is 127 Å². The molecule has 1 heterocycles. The topological polar surface area (TPSA) is 74.7 Å². The second-order valence-corrected chi connectivity index (χ2v) is 5.68. The van der Waals surface area contributed by atoms with Gasteiger partial charge >= 0.3 is 5.97 Å². The summed E-state index contributed by atoms with van der Waals surface area (Å²) in [6.45, 7) is 3.47. The molecule has 0 aliphatic carbocycles. The summed E-state index contributed by atoms with van der Waals surface area (Å²) < 4.78 is 0. The number of carbonyl (C=O) groups excluding carboxylic acids is 2. The van der Waals surface area contributed by atoms with Gasteiger partial charge in [-0.05, 0) is 29.0 Å². The summed E-state index contributed by atoms with van der Waals surface area (Å²) in [7, 11) is 0. The van der Waals surface area contributed by atoms with E-state index in [2.05, 4.69) is 0 Å². The lowest BCUT2D eigenvalue weighted by molar-refractivity contribution is -0.137. The van der Waals surface area contributed by atoms with Gasteiger partial charge in [-0.1, -0.05) is 32.0 Å². The molecule has 2 amide bonds. The third-order valence-electron chi connectivity index (χ3n) is 3.94. The maximum atomic E-state index is 12.5. The summed E-state index contributed by atoms with van der Waals surface area (Å²) in [5.74, 6) is -2.06. The van der Waals surface area contributed by atoms with Crippen molar-refractivity contribution in [1.29, 1.82) is 0 Å². The minimum absolute atomic E-state index is 0.256. The number of hydrogen-bond acceptors (Lipinski definition) is 3. The normalized spacial score (nSPS) is 14.0. The lowest BCUT2D eigenvalue weighted by Crippen LogP contribution is -2.43. The Morgan fingerprint density at radius 1 is 1.09 bits per heavy atom. The van der Waals surface area contributed by atoms with Gasteiger partial charge in [-0.3, -0.25) is 19.3 Å². The SMILES string of the molecule is CC(C)c1ccc2c3c(cccc13)C(=O)N(CC(=O)O)C2=O. The minimum Gasteiger partial charge on any atom is -0.480 e. The lowest BCUT2D eigenvalue weighted by Gasteiger charge is -2.27. The number of rotatable bonds is 3. The van der Waals surface area contributed by atoms with Crippen molar-refractivity contribution in [2.75, 3.05) is 6.54 Å². The minimum atomic E-state index is -1.21. The molecular weight excluding hydrogens is 282 g/mol. The van der Waals surface area contributed by atoms with Gasteiger partial charge in [-0.2, -0.15) is 0 Å². The van der Waals surface area contributed by atoms with Crippen LogP contribution in [0.1, 0.15) is 46.0 Å². The summed E-state index contributed by atoms with van der Waals surface area (Å²) in [6.07, 6.45) is 0. The molecule has 0 bridgehead atoms. The second-order valence-electron chi connectivity index (χ2n) is 5.68. The number of nitrogens with zero attached hydrogens (tertiary/aromatic N) is 1. The first-order valence-electron chi connectivity index (χ1n) is 7.05. The van der Waals surface area contributed by atoms with Gasteiger partial charge in [0.15, 0.2) is 0 Å². The predicted octanol–water partition coefficient (Wildman–Crippen LogP) is 2.64. The highest BCUT2D eigenvalue weighted by Crippen LogP contribution is 2.34. The standard InChI is InChI=1S/C17H15NO4/c1-9(2)10-6-7-13-15-11(10)4-3-5-12(15)16(21)18(17(13)22)8-14(19)20/h3-7,9H,8H2,1-2H3,(H,19,20). The Hall–Kier alpha value is -2.69. The van der Waals surface area contributed by atoms with Crippen molar-refractivity contribution < 1.29 is 19.5 Å². The van der Waals surface area contributed by atoms with Crippen LogP contribution in [0, 0.1) is 0 Å². The van der Waals surface area contributed by atoms with Crippen LogP contribution in [0.15, 0.2) is 30.3 Å². The smallest absolute Gasteiger partial charge is 0.323 e. The Balaban J connectivity index is 2.30. The van der Waals surface area contributed by atoms with Crippen LogP contribution in [0.2, 0.25) is 0 Å². The third kappa shape index (κ3) is 1.97. The zero-order valence-electron chi connectivity index (χ0n) is 12.3. The van der Waals surface area contributed by atoms with E-state index in [9.17, 15) is 14.4 Å². The highest BCUT2D eigenvalue weighted by atomic mass is 16.4. The van der Waals surface area contributed by atoms with E-state index in [0.717, 1.165) is 15.8 Å². The fourth-order valence-corrected chi connectivity index (χ4v) is 2.95. The number of aliphatic carboxylic acids is 1. The molecule has 0 fully saturated rings. The molecule has 0 unspecified atom stereocenters. The van der Waals surface area contributed by atoms with Crippen molar-refractivity contribution in [2.24, 2.45) is 0 Å². The van der Waals surface area contributed by atoms with Crippen molar-refractivity contribution >= 4 is 28.6 Å². The largest absolute Gasteiger partial charge is 0.480 e. The molecule has 1 aliphatic rings. The number of hydrogen-bond donors (Lipinski definition) is 1. The molecule has 3 rings (SSSR count). The highest BCUT2D eigenvalue weighted by Gasteiger charge is 2.34. The fraction of sp³-hybridized carbons (Fsp3) is 0.235. The Morgan fingerprint density at radius 3 is 2.32 bits per heavy atom. The molecular formula is C17H15NO4. The van der Waals surface area contributed by atoms with Crippen LogP contribution in [-0.4, -0.2) is 34.3 Å². The van der Waals surface area contributed by atoms with Crippen LogP contribution in [0.25, 0.3) is 10.8 Å². The second kappa shape index (κ2) is 4.94. The van der Waals surface area contributed by atoms with E-state index in [1.54, 1.807) is 18.2 Å². The highest BCUT2D eigenvalue weighted by molar-refractivity contribution is 6.26. The molecule has 5 nitrogen and oxygen atoms in total. The first-order chi connectivity index (χ1) is 10.4. The van der Waals surface area contributed by atoms with Crippen LogP contribution in [0.4, 0.5) is 0 Å².